The molecule has 2 aromatic heterocycles. The number of benzene rings is 2. The van der Waals surface area contributed by atoms with Crippen molar-refractivity contribution in [2.45, 2.75) is 51.2 Å². The Labute approximate surface area is 204 Å². The number of aromatic amines is 2. The van der Waals surface area contributed by atoms with E-state index in [4.69, 9.17) is 0 Å². The number of rotatable bonds is 5. The van der Waals surface area contributed by atoms with E-state index in [0.717, 1.165) is 90.0 Å². The molecular weight excluding hydrogens is 438 g/mol. The lowest BCUT2D eigenvalue weighted by molar-refractivity contribution is 0.0860. The van der Waals surface area contributed by atoms with Gasteiger partial charge in [0.1, 0.15) is 11.4 Å². The Morgan fingerprint density at radius 1 is 1.09 bits per heavy atom. The standard InChI is InChI=1S/C28H31N5O2/c1-2-17-13-22(35)8-10-23(17)18-3-9-24-25(14-18)31-32-27(24)28-29-15-26(30-28)19-11-12-33(16-19)20-4-6-21(34)7-5-20/h3,8-11,13-15,20-21,34-35H,2,4-7,12,16H2,1H3,(H,29,30)(H,31,32). The number of hydrogen-bond donors (Lipinski definition) is 4. The summed E-state index contributed by atoms with van der Waals surface area (Å²) in [6.07, 6.45) is 8.89. The Morgan fingerprint density at radius 2 is 1.94 bits per heavy atom. The Kier molecular flexibility index (Phi) is 5.66. The van der Waals surface area contributed by atoms with Gasteiger partial charge in [0, 0.05) is 24.5 Å². The lowest BCUT2D eigenvalue weighted by Crippen LogP contribution is -2.37. The lowest BCUT2D eigenvalue weighted by Gasteiger charge is -2.33. The van der Waals surface area contributed by atoms with E-state index in [2.05, 4.69) is 56.3 Å². The zero-order valence-electron chi connectivity index (χ0n) is 20.0. The van der Waals surface area contributed by atoms with Gasteiger partial charge in [-0.05, 0) is 78.6 Å². The third-order valence-corrected chi connectivity index (χ3v) is 7.62. The van der Waals surface area contributed by atoms with Gasteiger partial charge in [-0.1, -0.05) is 25.1 Å². The van der Waals surface area contributed by atoms with Crippen LogP contribution in [0.25, 0.3) is 39.1 Å². The highest BCUT2D eigenvalue weighted by atomic mass is 16.3. The summed E-state index contributed by atoms with van der Waals surface area (Å²) in [5.41, 5.74) is 7.42. The van der Waals surface area contributed by atoms with Crippen molar-refractivity contribution in [2.75, 3.05) is 13.1 Å². The summed E-state index contributed by atoms with van der Waals surface area (Å²) in [6, 6.07) is 12.4. The third kappa shape index (κ3) is 4.15. The summed E-state index contributed by atoms with van der Waals surface area (Å²) in [6.45, 7) is 3.97. The maximum absolute atomic E-state index is 9.85. The van der Waals surface area contributed by atoms with Gasteiger partial charge in [-0.2, -0.15) is 5.10 Å². The van der Waals surface area contributed by atoms with Crippen LogP contribution in [0.15, 0.2) is 48.7 Å². The molecule has 2 aromatic carbocycles. The van der Waals surface area contributed by atoms with Crippen molar-refractivity contribution in [3.8, 4) is 28.4 Å². The molecule has 4 aromatic rings. The molecule has 1 aliphatic heterocycles. The van der Waals surface area contributed by atoms with Gasteiger partial charge in [-0.25, -0.2) is 4.98 Å². The molecule has 0 unspecified atom stereocenters. The summed E-state index contributed by atoms with van der Waals surface area (Å²) >= 11 is 0. The van der Waals surface area contributed by atoms with E-state index in [1.54, 1.807) is 6.07 Å². The minimum atomic E-state index is -0.119. The van der Waals surface area contributed by atoms with Crippen LogP contribution < -0.4 is 0 Å². The second kappa shape index (κ2) is 8.98. The molecular formula is C28H31N5O2. The normalized spacial score (nSPS) is 21.0. The zero-order chi connectivity index (χ0) is 23.9. The van der Waals surface area contributed by atoms with Crippen molar-refractivity contribution in [1.82, 2.24) is 25.1 Å². The number of aryl methyl sites for hydroxylation is 1. The minimum absolute atomic E-state index is 0.119. The second-order valence-corrected chi connectivity index (χ2v) is 9.79. The van der Waals surface area contributed by atoms with Crippen molar-refractivity contribution in [2.24, 2.45) is 0 Å². The van der Waals surface area contributed by atoms with Gasteiger partial charge < -0.3 is 15.2 Å². The van der Waals surface area contributed by atoms with Crippen LogP contribution in [0.4, 0.5) is 0 Å². The molecule has 0 atom stereocenters. The molecule has 7 heteroatoms. The number of imidazole rings is 1. The van der Waals surface area contributed by atoms with E-state index >= 15 is 0 Å². The molecule has 2 aliphatic rings. The van der Waals surface area contributed by atoms with Crippen LogP contribution >= 0.6 is 0 Å². The molecule has 6 rings (SSSR count). The molecule has 3 heterocycles. The molecule has 0 radical (unpaired) electrons. The summed E-state index contributed by atoms with van der Waals surface area (Å²) in [5, 5.41) is 28.4. The first-order valence-electron chi connectivity index (χ1n) is 12.6. The fourth-order valence-electron chi connectivity index (χ4n) is 5.60. The average Bonchev–Trinajstić information content (AvgIpc) is 3.63. The first-order valence-corrected chi connectivity index (χ1v) is 12.6. The van der Waals surface area contributed by atoms with Crippen LogP contribution in [-0.4, -0.2) is 60.5 Å². The quantitative estimate of drug-likeness (QED) is 0.333. The Bertz CT molecular complexity index is 1390. The summed E-state index contributed by atoms with van der Waals surface area (Å²) in [5.74, 6) is 1.06. The van der Waals surface area contributed by atoms with E-state index < -0.39 is 0 Å². The molecule has 1 fully saturated rings. The second-order valence-electron chi connectivity index (χ2n) is 9.79. The van der Waals surface area contributed by atoms with Crippen LogP contribution in [0, 0.1) is 0 Å². The maximum Gasteiger partial charge on any atom is 0.159 e. The van der Waals surface area contributed by atoms with Gasteiger partial charge in [-0.3, -0.25) is 10.00 Å². The number of hydrogen-bond acceptors (Lipinski definition) is 5. The SMILES string of the molecule is CCc1cc(O)ccc1-c1ccc2c(-c3ncc(C4=CCN(C5CCC(O)CC5)C4)[nH]3)n[nH]c2c1. The van der Waals surface area contributed by atoms with Crippen LogP contribution in [0.2, 0.25) is 0 Å². The number of nitrogens with one attached hydrogen (secondary N) is 2. The number of fused-ring (bicyclic) bond motifs is 1. The lowest BCUT2D eigenvalue weighted by atomic mass is 9.92. The Hall–Kier alpha value is -3.42. The smallest absolute Gasteiger partial charge is 0.159 e. The molecule has 1 aliphatic carbocycles. The number of aromatic nitrogens is 4. The fourth-order valence-corrected chi connectivity index (χ4v) is 5.60. The summed E-state index contributed by atoms with van der Waals surface area (Å²) < 4.78 is 0. The van der Waals surface area contributed by atoms with E-state index in [9.17, 15) is 10.2 Å². The van der Waals surface area contributed by atoms with E-state index in [-0.39, 0.29) is 6.10 Å². The van der Waals surface area contributed by atoms with Gasteiger partial charge in [-0.15, -0.1) is 0 Å². The predicted octanol–water partition coefficient (Wildman–Crippen LogP) is 4.89. The Morgan fingerprint density at radius 3 is 2.77 bits per heavy atom. The monoisotopic (exact) mass is 469 g/mol. The number of nitrogens with zero attached hydrogens (tertiary/aromatic N) is 3. The van der Waals surface area contributed by atoms with Crippen molar-refractivity contribution < 1.29 is 10.2 Å². The van der Waals surface area contributed by atoms with Gasteiger partial charge in [0.05, 0.1) is 23.5 Å². The summed E-state index contributed by atoms with van der Waals surface area (Å²) in [7, 11) is 0. The van der Waals surface area contributed by atoms with Crippen LogP contribution in [0.5, 0.6) is 5.75 Å². The molecule has 35 heavy (non-hydrogen) atoms. The van der Waals surface area contributed by atoms with Crippen LogP contribution in [0.3, 0.4) is 0 Å². The number of aliphatic hydroxyl groups is 1. The number of phenols is 1. The van der Waals surface area contributed by atoms with Crippen molar-refractivity contribution in [3.05, 3.63) is 59.9 Å². The average molecular weight is 470 g/mol. The minimum Gasteiger partial charge on any atom is -0.508 e. The molecule has 0 spiro atoms. The number of aromatic hydroxyl groups is 1. The molecule has 0 bridgehead atoms. The highest BCUT2D eigenvalue weighted by Gasteiger charge is 2.28. The largest absolute Gasteiger partial charge is 0.508 e. The van der Waals surface area contributed by atoms with E-state index in [1.165, 1.54) is 5.57 Å². The first-order chi connectivity index (χ1) is 17.1. The summed E-state index contributed by atoms with van der Waals surface area (Å²) in [4.78, 5) is 10.7. The fraction of sp³-hybridized carbons (Fsp3) is 0.357. The molecule has 4 N–H and O–H groups in total. The number of aliphatic hydroxyl groups excluding tert-OH is 1. The maximum atomic E-state index is 9.85. The van der Waals surface area contributed by atoms with Crippen molar-refractivity contribution >= 4 is 16.5 Å². The first kappa shape index (κ1) is 22.1. The molecule has 180 valence electrons. The van der Waals surface area contributed by atoms with Gasteiger partial charge in [0.15, 0.2) is 5.82 Å². The third-order valence-electron chi connectivity index (χ3n) is 7.62. The van der Waals surface area contributed by atoms with E-state index in [0.29, 0.717) is 11.8 Å². The highest BCUT2D eigenvalue weighted by molar-refractivity contribution is 5.94. The Balaban J connectivity index is 1.22. The van der Waals surface area contributed by atoms with Crippen molar-refractivity contribution in [1.29, 1.82) is 0 Å². The molecule has 1 saturated carbocycles. The zero-order valence-corrected chi connectivity index (χ0v) is 20.0. The number of H-pyrrole nitrogens is 2. The van der Waals surface area contributed by atoms with Crippen LogP contribution in [-0.2, 0) is 6.42 Å². The predicted molar refractivity (Wildman–Crippen MR) is 138 cm³/mol. The highest BCUT2D eigenvalue weighted by Crippen LogP contribution is 2.33. The van der Waals surface area contributed by atoms with Gasteiger partial charge in [0.25, 0.3) is 0 Å². The molecule has 0 amide bonds. The topological polar surface area (TPSA) is 101 Å². The van der Waals surface area contributed by atoms with E-state index in [1.807, 2.05) is 18.3 Å². The van der Waals surface area contributed by atoms with Crippen LogP contribution in [0.1, 0.15) is 43.9 Å². The number of phenolic OH excluding ortho intramolecular Hbond substituents is 1. The molecule has 7 nitrogen and oxygen atoms in total. The van der Waals surface area contributed by atoms with Gasteiger partial charge >= 0.3 is 0 Å². The van der Waals surface area contributed by atoms with Gasteiger partial charge in [0.2, 0.25) is 0 Å². The van der Waals surface area contributed by atoms with Crippen molar-refractivity contribution in [3.63, 3.8) is 0 Å². The molecule has 0 saturated heterocycles.